The Hall–Kier alpha value is -6.52. The van der Waals surface area contributed by atoms with Crippen molar-refractivity contribution in [2.24, 2.45) is 5.73 Å². The molecule has 4 N–H and O–H groups in total. The van der Waals surface area contributed by atoms with Crippen molar-refractivity contribution < 1.29 is 28.7 Å². The molecule has 6 aromatic rings. The zero-order valence-electron chi connectivity index (χ0n) is 32.4. The van der Waals surface area contributed by atoms with Crippen molar-refractivity contribution in [3.05, 3.63) is 76.4 Å². The molecule has 0 radical (unpaired) electrons. The van der Waals surface area contributed by atoms with E-state index < -0.39 is 17.8 Å². The molecule has 0 saturated heterocycles. The molecule has 4 aromatic heterocycles. The molecule has 0 bridgehead atoms. The van der Waals surface area contributed by atoms with E-state index in [1.165, 1.54) is 14.2 Å². The second-order valence-electron chi connectivity index (χ2n) is 12.4. The van der Waals surface area contributed by atoms with Crippen molar-refractivity contribution >= 4 is 57.7 Å². The fourth-order valence-electron chi connectivity index (χ4n) is 6.35. The van der Waals surface area contributed by atoms with Gasteiger partial charge in [-0.05, 0) is 83.0 Å². The summed E-state index contributed by atoms with van der Waals surface area (Å²) in [5.74, 6) is -0.973. The highest BCUT2D eigenvalue weighted by Gasteiger charge is 2.23. The molecule has 3 amide bonds. The molecule has 0 spiro atoms. The van der Waals surface area contributed by atoms with Gasteiger partial charge in [-0.25, -0.2) is 14.8 Å². The van der Waals surface area contributed by atoms with Crippen molar-refractivity contribution in [3.8, 4) is 5.75 Å². The number of imidazole rings is 2. The lowest BCUT2D eigenvalue weighted by Crippen LogP contribution is -2.20. The molecule has 0 aliphatic heterocycles. The number of esters is 1. The molecule has 2 aromatic carbocycles. The molecule has 0 fully saturated rings. The van der Waals surface area contributed by atoms with Crippen LogP contribution in [0.1, 0.15) is 93.6 Å². The van der Waals surface area contributed by atoms with Gasteiger partial charge in [0.25, 0.3) is 11.8 Å². The van der Waals surface area contributed by atoms with Gasteiger partial charge >= 0.3 is 5.97 Å². The zero-order valence-corrected chi connectivity index (χ0v) is 32.4. The predicted molar refractivity (Wildman–Crippen MR) is 208 cm³/mol. The number of nitrogens with one attached hydrogen (secondary N) is 2. The standard InChI is InChI=1S/C36H41N11O6.C2H6/c1-7-46-27(15-20(3)42-46)32(49)40-35-38-24-17-22(31(37)48)11-12-26(24)44(35)13-9-10-14-45-30-25(18-23(34(51)53-6)19-29(30)52-5)39-36(45)41-33(50)28-16-21(4)43-47(28)8-2;1-2/h11-12,15-19H,7-10,13-14H2,1-6H3,(H2,37,48)(H,38,40,49)(H,39,41,50);1-2H3. The third-order valence-corrected chi connectivity index (χ3v) is 8.81. The summed E-state index contributed by atoms with van der Waals surface area (Å²) in [6.45, 7) is 13.3. The Morgan fingerprint density at radius 1 is 0.727 bits per heavy atom. The normalized spacial score (nSPS) is 11.0. The van der Waals surface area contributed by atoms with Crippen molar-refractivity contribution in [1.82, 2.24) is 38.7 Å². The predicted octanol–water partition coefficient (Wildman–Crippen LogP) is 5.34. The zero-order chi connectivity index (χ0) is 40.0. The maximum Gasteiger partial charge on any atom is 0.338 e. The minimum absolute atomic E-state index is 0.247. The van der Waals surface area contributed by atoms with E-state index >= 15 is 0 Å². The van der Waals surface area contributed by atoms with E-state index in [9.17, 15) is 19.2 Å². The highest BCUT2D eigenvalue weighted by atomic mass is 16.5. The molecule has 17 nitrogen and oxygen atoms in total. The summed E-state index contributed by atoms with van der Waals surface area (Å²) < 4.78 is 17.6. The van der Waals surface area contributed by atoms with Crippen LogP contribution in [0.25, 0.3) is 22.1 Å². The van der Waals surface area contributed by atoms with Gasteiger partial charge in [-0.2, -0.15) is 10.2 Å². The summed E-state index contributed by atoms with van der Waals surface area (Å²) in [4.78, 5) is 60.8. The Morgan fingerprint density at radius 2 is 1.25 bits per heavy atom. The number of unbranched alkanes of at least 4 members (excludes halogenated alkanes) is 1. The molecular weight excluding hydrogens is 706 g/mol. The van der Waals surface area contributed by atoms with Gasteiger partial charge in [-0.3, -0.25) is 34.4 Å². The lowest BCUT2D eigenvalue weighted by atomic mass is 10.1. The van der Waals surface area contributed by atoms with Crippen LogP contribution in [0.3, 0.4) is 0 Å². The van der Waals surface area contributed by atoms with Gasteiger partial charge in [-0.1, -0.05) is 13.8 Å². The average molecular weight is 754 g/mol. The van der Waals surface area contributed by atoms with Gasteiger partial charge in [0.1, 0.15) is 22.7 Å². The number of nitrogens with zero attached hydrogens (tertiary/aromatic N) is 8. The first-order valence-corrected chi connectivity index (χ1v) is 18.1. The van der Waals surface area contributed by atoms with Gasteiger partial charge in [0.05, 0.1) is 47.7 Å². The number of carbonyl (C=O) groups is 4. The first-order valence-electron chi connectivity index (χ1n) is 18.1. The second-order valence-corrected chi connectivity index (χ2v) is 12.4. The fourth-order valence-corrected chi connectivity index (χ4v) is 6.35. The Morgan fingerprint density at radius 3 is 1.78 bits per heavy atom. The molecule has 0 unspecified atom stereocenters. The number of methoxy groups -OCH3 is 2. The fraction of sp³-hybridized carbons (Fsp3) is 0.368. The van der Waals surface area contributed by atoms with E-state index in [-0.39, 0.29) is 17.4 Å². The van der Waals surface area contributed by atoms with Gasteiger partial charge in [0.2, 0.25) is 17.8 Å². The number of carbonyl (C=O) groups excluding carboxylic acids is 4. The van der Waals surface area contributed by atoms with Crippen molar-refractivity contribution in [2.75, 3.05) is 24.9 Å². The van der Waals surface area contributed by atoms with Gasteiger partial charge in [0, 0.05) is 31.7 Å². The Kier molecular flexibility index (Phi) is 12.3. The number of fused-ring (bicyclic) bond motifs is 2. The van der Waals surface area contributed by atoms with Crippen LogP contribution in [0.4, 0.5) is 11.9 Å². The number of anilines is 2. The number of hydrogen-bond donors (Lipinski definition) is 3. The summed E-state index contributed by atoms with van der Waals surface area (Å²) in [6, 6.07) is 11.6. The number of benzene rings is 2. The number of ether oxygens (including phenoxy) is 2. The monoisotopic (exact) mass is 753 g/mol. The minimum atomic E-state index is -0.590. The van der Waals surface area contributed by atoms with Crippen LogP contribution in [0.5, 0.6) is 5.75 Å². The number of aryl methyl sites for hydroxylation is 6. The summed E-state index contributed by atoms with van der Waals surface area (Å²) in [6.07, 6.45) is 1.17. The van der Waals surface area contributed by atoms with Crippen LogP contribution in [-0.4, -0.2) is 76.6 Å². The molecule has 4 heterocycles. The summed E-state index contributed by atoms with van der Waals surface area (Å²) in [5, 5.41) is 14.7. The van der Waals surface area contributed by atoms with Crippen molar-refractivity contribution in [1.29, 1.82) is 0 Å². The van der Waals surface area contributed by atoms with Crippen LogP contribution < -0.4 is 21.1 Å². The Bertz CT molecular complexity index is 2380. The van der Waals surface area contributed by atoms with Gasteiger partial charge in [-0.15, -0.1) is 0 Å². The van der Waals surface area contributed by atoms with Crippen molar-refractivity contribution in [3.63, 3.8) is 0 Å². The summed E-state index contributed by atoms with van der Waals surface area (Å²) in [5.41, 5.74) is 10.5. The molecule has 17 heteroatoms. The third kappa shape index (κ3) is 8.19. The smallest absolute Gasteiger partial charge is 0.338 e. The van der Waals surface area contributed by atoms with E-state index in [2.05, 4.69) is 25.8 Å². The first-order chi connectivity index (χ1) is 26.5. The van der Waals surface area contributed by atoms with Gasteiger partial charge < -0.3 is 24.3 Å². The maximum atomic E-state index is 13.5. The van der Waals surface area contributed by atoms with Crippen LogP contribution in [0.2, 0.25) is 0 Å². The third-order valence-electron chi connectivity index (χ3n) is 8.81. The van der Waals surface area contributed by atoms with E-state index in [4.69, 9.17) is 20.2 Å². The van der Waals surface area contributed by atoms with Gasteiger partial charge in [0.15, 0.2) is 0 Å². The highest BCUT2D eigenvalue weighted by Crippen LogP contribution is 2.32. The Labute approximate surface area is 317 Å². The number of aromatic nitrogens is 8. The topological polar surface area (TPSA) is 208 Å². The SMILES string of the molecule is CC.CCn1nc(C)cc1C(=O)Nc1nc2cc(C(N)=O)ccc2n1CCCCn1c(NC(=O)c2cc(C)nn2CC)nc2cc(C(=O)OC)cc(OC)c21. The largest absolute Gasteiger partial charge is 0.494 e. The van der Waals surface area contributed by atoms with E-state index in [1.807, 2.05) is 50.7 Å². The summed E-state index contributed by atoms with van der Waals surface area (Å²) in [7, 11) is 2.78. The number of primary amides is 1. The highest BCUT2D eigenvalue weighted by molar-refractivity contribution is 6.05. The first kappa shape index (κ1) is 39.7. The number of amides is 3. The van der Waals surface area contributed by atoms with Crippen molar-refractivity contribution in [2.45, 2.75) is 80.6 Å². The van der Waals surface area contributed by atoms with Crippen LogP contribution in [-0.2, 0) is 30.9 Å². The second kappa shape index (κ2) is 17.1. The molecule has 290 valence electrons. The molecule has 55 heavy (non-hydrogen) atoms. The van der Waals surface area contributed by atoms with Crippen LogP contribution in [0, 0.1) is 13.8 Å². The lowest BCUT2D eigenvalue weighted by Gasteiger charge is -2.14. The number of hydrogen-bond acceptors (Lipinski definition) is 10. The average Bonchev–Trinajstić information content (AvgIpc) is 3.95. The molecule has 0 aliphatic rings. The number of nitrogens with two attached hydrogens (primary N) is 1. The van der Waals surface area contributed by atoms with E-state index in [0.717, 1.165) is 0 Å². The molecule has 0 atom stereocenters. The molecule has 0 aliphatic carbocycles. The minimum Gasteiger partial charge on any atom is -0.494 e. The maximum absolute atomic E-state index is 13.5. The quantitative estimate of drug-likeness (QED) is 0.0961. The van der Waals surface area contributed by atoms with E-state index in [0.29, 0.717) is 101 Å². The molecular formula is C38H47N11O6. The van der Waals surface area contributed by atoms with Crippen LogP contribution in [0.15, 0.2) is 42.5 Å². The molecule has 6 rings (SSSR count). The Balaban J connectivity index is 0.00000285. The van der Waals surface area contributed by atoms with Crippen LogP contribution >= 0.6 is 0 Å². The number of rotatable bonds is 14. The lowest BCUT2D eigenvalue weighted by molar-refractivity contribution is 0.0600. The molecule has 0 saturated carbocycles. The van der Waals surface area contributed by atoms with E-state index in [1.54, 1.807) is 51.8 Å². The summed E-state index contributed by atoms with van der Waals surface area (Å²) >= 11 is 0.